The van der Waals surface area contributed by atoms with Crippen LogP contribution in [0.15, 0.2) is 30.6 Å². The van der Waals surface area contributed by atoms with Gasteiger partial charge in [-0.2, -0.15) is 4.98 Å². The molecule has 2 aliphatic heterocycles. The number of anilines is 3. The van der Waals surface area contributed by atoms with E-state index < -0.39 is 0 Å². The third-order valence-electron chi connectivity index (χ3n) is 7.87. The maximum Gasteiger partial charge on any atom is 0.230 e. The Morgan fingerprint density at radius 2 is 1.94 bits per heavy atom. The van der Waals surface area contributed by atoms with Crippen LogP contribution in [0.3, 0.4) is 0 Å². The first-order chi connectivity index (χ1) is 17.2. The molecular formula is C26H36N8O. The monoisotopic (exact) mass is 476 g/mol. The van der Waals surface area contributed by atoms with E-state index in [9.17, 15) is 0 Å². The van der Waals surface area contributed by atoms with Crippen molar-refractivity contribution in [2.45, 2.75) is 44.7 Å². The van der Waals surface area contributed by atoms with Crippen molar-refractivity contribution in [2.24, 2.45) is 0 Å². The number of hydrogen-bond acceptors (Lipinski definition) is 8. The predicted molar refractivity (Wildman–Crippen MR) is 138 cm³/mol. The van der Waals surface area contributed by atoms with Gasteiger partial charge in [0.25, 0.3) is 0 Å². The van der Waals surface area contributed by atoms with E-state index in [1.165, 1.54) is 31.4 Å². The van der Waals surface area contributed by atoms with Crippen molar-refractivity contribution in [3.63, 3.8) is 0 Å². The normalized spacial score (nSPS) is 20.0. The molecule has 186 valence electrons. The summed E-state index contributed by atoms with van der Waals surface area (Å²) in [7, 11) is 0. The quantitative estimate of drug-likeness (QED) is 0.504. The predicted octanol–water partition coefficient (Wildman–Crippen LogP) is 3.10. The zero-order chi connectivity index (χ0) is 23.7. The van der Waals surface area contributed by atoms with E-state index in [2.05, 4.69) is 47.1 Å². The summed E-state index contributed by atoms with van der Waals surface area (Å²) in [5.74, 6) is 1.37. The molecule has 0 amide bonds. The van der Waals surface area contributed by atoms with Crippen molar-refractivity contribution in [1.29, 1.82) is 0 Å². The number of ether oxygens (including phenoxy) is 1. The molecule has 1 saturated carbocycles. The van der Waals surface area contributed by atoms with Gasteiger partial charge in [0.2, 0.25) is 5.95 Å². The highest BCUT2D eigenvalue weighted by molar-refractivity contribution is 5.79. The van der Waals surface area contributed by atoms with Crippen LogP contribution in [0.1, 0.15) is 38.3 Å². The van der Waals surface area contributed by atoms with Crippen LogP contribution in [-0.2, 0) is 16.8 Å². The average molecular weight is 477 g/mol. The van der Waals surface area contributed by atoms with Crippen LogP contribution in [0.25, 0.3) is 11.0 Å². The van der Waals surface area contributed by atoms with Crippen LogP contribution in [-0.4, -0.2) is 76.9 Å². The number of fused-ring (bicyclic) bond motifs is 4. The summed E-state index contributed by atoms with van der Waals surface area (Å²) in [5.41, 5.74) is 3.68. The van der Waals surface area contributed by atoms with Crippen molar-refractivity contribution >= 4 is 28.5 Å². The Kier molecular flexibility index (Phi) is 6.30. The van der Waals surface area contributed by atoms with Gasteiger partial charge in [0.15, 0.2) is 0 Å². The Morgan fingerprint density at radius 1 is 1.09 bits per heavy atom. The van der Waals surface area contributed by atoms with Gasteiger partial charge in [0.05, 0.1) is 24.0 Å². The summed E-state index contributed by atoms with van der Waals surface area (Å²) in [6, 6.07) is 6.41. The minimum atomic E-state index is 0.161. The van der Waals surface area contributed by atoms with Gasteiger partial charge in [-0.15, -0.1) is 0 Å². The number of piperazine rings is 1. The van der Waals surface area contributed by atoms with Crippen LogP contribution >= 0.6 is 0 Å². The Bertz CT molecular complexity index is 1150. The summed E-state index contributed by atoms with van der Waals surface area (Å²) in [6.07, 6.45) is 8.90. The number of nitrogens with zero attached hydrogens (tertiary/aromatic N) is 6. The summed E-state index contributed by atoms with van der Waals surface area (Å²) < 4.78 is 8.00. The molecule has 0 aromatic carbocycles. The van der Waals surface area contributed by atoms with E-state index in [-0.39, 0.29) is 5.54 Å². The third kappa shape index (κ3) is 4.48. The second-order valence-corrected chi connectivity index (χ2v) is 10.0. The zero-order valence-corrected chi connectivity index (χ0v) is 20.7. The molecule has 1 spiro atoms. The fourth-order valence-corrected chi connectivity index (χ4v) is 6.03. The molecule has 1 aliphatic carbocycles. The lowest BCUT2D eigenvalue weighted by molar-refractivity contribution is 0.111. The first kappa shape index (κ1) is 22.7. The topological polar surface area (TPSA) is 83.4 Å². The van der Waals surface area contributed by atoms with Crippen molar-refractivity contribution in [3.05, 3.63) is 36.3 Å². The second-order valence-electron chi connectivity index (χ2n) is 10.0. The third-order valence-corrected chi connectivity index (χ3v) is 7.87. The van der Waals surface area contributed by atoms with Crippen LogP contribution in [0.4, 0.5) is 17.5 Å². The number of pyridine rings is 1. The van der Waals surface area contributed by atoms with E-state index in [0.29, 0.717) is 5.95 Å². The Labute approximate surface area is 206 Å². The van der Waals surface area contributed by atoms with E-state index in [4.69, 9.17) is 9.72 Å². The van der Waals surface area contributed by atoms with Crippen molar-refractivity contribution < 1.29 is 4.74 Å². The maximum atomic E-state index is 5.49. The standard InChI is InChI=1S/C26H36N8O/c1-2-35-14-13-32-9-11-33(12-10-32)21-5-6-23(28-18-21)30-25-29-16-20-15-22-17-27-19-26(7-3-4-8-26)34(22)24(20)31-25/h5-6,15-16,18,27H,2-4,7-14,17,19H2,1H3,(H,28,29,30,31). The van der Waals surface area contributed by atoms with Gasteiger partial charge in [-0.1, -0.05) is 12.8 Å². The molecule has 0 radical (unpaired) electrons. The van der Waals surface area contributed by atoms with E-state index in [1.54, 1.807) is 0 Å². The highest BCUT2D eigenvalue weighted by Gasteiger charge is 2.40. The lowest BCUT2D eigenvalue weighted by Crippen LogP contribution is -2.47. The average Bonchev–Trinajstić information content (AvgIpc) is 3.50. The highest BCUT2D eigenvalue weighted by atomic mass is 16.5. The number of aromatic nitrogens is 4. The van der Waals surface area contributed by atoms with Gasteiger partial charge in [-0.3, -0.25) is 4.90 Å². The number of nitrogens with one attached hydrogen (secondary N) is 2. The van der Waals surface area contributed by atoms with Crippen molar-refractivity contribution in [1.82, 2.24) is 29.7 Å². The molecular weight excluding hydrogens is 440 g/mol. The fraction of sp³-hybridized carbons (Fsp3) is 0.577. The first-order valence-electron chi connectivity index (χ1n) is 13.1. The zero-order valence-electron chi connectivity index (χ0n) is 20.7. The summed E-state index contributed by atoms with van der Waals surface area (Å²) in [5, 5.41) is 8.08. The molecule has 2 N–H and O–H groups in total. The van der Waals surface area contributed by atoms with E-state index in [0.717, 1.165) is 81.6 Å². The number of hydrogen-bond donors (Lipinski definition) is 2. The van der Waals surface area contributed by atoms with Gasteiger partial charge in [0.1, 0.15) is 11.5 Å². The lowest BCUT2D eigenvalue weighted by atomic mass is 9.95. The van der Waals surface area contributed by atoms with Gasteiger partial charge >= 0.3 is 0 Å². The fourth-order valence-electron chi connectivity index (χ4n) is 6.03. The molecule has 9 heteroatoms. The highest BCUT2D eigenvalue weighted by Crippen LogP contribution is 2.41. The SMILES string of the molecule is CCOCCN1CCN(c2ccc(Nc3ncc4cc5n(c4n3)C3(CCCC3)CNC5)nc2)CC1. The molecule has 9 nitrogen and oxygen atoms in total. The van der Waals surface area contributed by atoms with Crippen LogP contribution in [0.5, 0.6) is 0 Å². The van der Waals surface area contributed by atoms with Gasteiger partial charge in [-0.05, 0) is 38.0 Å². The minimum absolute atomic E-state index is 0.161. The summed E-state index contributed by atoms with van der Waals surface area (Å²) in [4.78, 5) is 19.1. The maximum absolute atomic E-state index is 5.49. The first-order valence-corrected chi connectivity index (χ1v) is 13.1. The molecule has 35 heavy (non-hydrogen) atoms. The molecule has 2 fully saturated rings. The molecule has 5 heterocycles. The second kappa shape index (κ2) is 9.72. The molecule has 3 aliphatic rings. The van der Waals surface area contributed by atoms with Crippen molar-refractivity contribution in [3.8, 4) is 0 Å². The molecule has 0 atom stereocenters. The molecule has 3 aromatic heterocycles. The Hall–Kier alpha value is -2.75. The molecule has 0 bridgehead atoms. The Balaban J connectivity index is 1.14. The van der Waals surface area contributed by atoms with Crippen LogP contribution < -0.4 is 15.5 Å². The number of rotatable bonds is 7. The minimum Gasteiger partial charge on any atom is -0.380 e. The Morgan fingerprint density at radius 3 is 2.71 bits per heavy atom. The lowest BCUT2D eigenvalue weighted by Gasteiger charge is -2.37. The largest absolute Gasteiger partial charge is 0.380 e. The molecule has 6 rings (SSSR count). The van der Waals surface area contributed by atoms with Gasteiger partial charge < -0.3 is 24.8 Å². The van der Waals surface area contributed by atoms with Crippen molar-refractivity contribution in [2.75, 3.05) is 62.7 Å². The summed E-state index contributed by atoms with van der Waals surface area (Å²) >= 11 is 0. The molecule has 0 unspecified atom stereocenters. The smallest absolute Gasteiger partial charge is 0.230 e. The van der Waals surface area contributed by atoms with Crippen LogP contribution in [0.2, 0.25) is 0 Å². The van der Waals surface area contributed by atoms with Gasteiger partial charge in [0, 0.05) is 69.7 Å². The molecule has 1 saturated heterocycles. The van der Waals surface area contributed by atoms with E-state index in [1.807, 2.05) is 25.4 Å². The van der Waals surface area contributed by atoms with Crippen LogP contribution in [0, 0.1) is 0 Å². The van der Waals surface area contributed by atoms with E-state index >= 15 is 0 Å². The van der Waals surface area contributed by atoms with Gasteiger partial charge in [-0.25, -0.2) is 9.97 Å². The summed E-state index contributed by atoms with van der Waals surface area (Å²) in [6.45, 7) is 10.7. The molecule has 3 aromatic rings.